The van der Waals surface area contributed by atoms with Crippen LogP contribution >= 0.6 is 0 Å². The van der Waals surface area contributed by atoms with E-state index in [-0.39, 0.29) is 12.1 Å². The molecule has 16 heavy (non-hydrogen) atoms. The molecule has 0 unspecified atom stereocenters. The Morgan fingerprint density at radius 3 is 2.88 bits per heavy atom. The summed E-state index contributed by atoms with van der Waals surface area (Å²) >= 11 is 0. The maximum absolute atomic E-state index is 10.2. The van der Waals surface area contributed by atoms with E-state index in [0.717, 1.165) is 5.82 Å². The summed E-state index contributed by atoms with van der Waals surface area (Å²) in [5.74, 6) is 0.854. The molecule has 0 atom stereocenters. The predicted molar refractivity (Wildman–Crippen MR) is 59.1 cm³/mol. The first kappa shape index (κ1) is 11.5. The van der Waals surface area contributed by atoms with Crippen molar-refractivity contribution in [2.24, 2.45) is 0 Å². The Morgan fingerprint density at radius 1 is 1.62 bits per heavy atom. The smallest absolute Gasteiger partial charge is 0.138 e. The van der Waals surface area contributed by atoms with Gasteiger partial charge in [-0.3, -0.25) is 0 Å². The van der Waals surface area contributed by atoms with Crippen molar-refractivity contribution >= 4 is 0 Å². The summed E-state index contributed by atoms with van der Waals surface area (Å²) in [6.45, 7) is 4.11. The van der Waals surface area contributed by atoms with Gasteiger partial charge in [-0.1, -0.05) is 0 Å². The Balaban J connectivity index is 2.02. The molecule has 1 fully saturated rings. The molecule has 1 aliphatic rings. The number of rotatable bonds is 4. The molecule has 5 nitrogen and oxygen atoms in total. The molecule has 1 saturated carbocycles. The first-order valence-electron chi connectivity index (χ1n) is 5.67. The highest BCUT2D eigenvalue weighted by atomic mass is 16.5. The molecule has 0 spiro atoms. The normalized spacial score (nSPS) is 29.4. The van der Waals surface area contributed by atoms with E-state index >= 15 is 0 Å². The summed E-state index contributed by atoms with van der Waals surface area (Å²) in [6, 6.07) is 0.277. The van der Waals surface area contributed by atoms with Crippen LogP contribution in [0.3, 0.4) is 0 Å². The quantitative estimate of drug-likeness (QED) is 0.828. The number of nitrogens with zero attached hydrogens (tertiary/aromatic N) is 3. The molecule has 1 aromatic heterocycles. The Kier molecular flexibility index (Phi) is 2.99. The fraction of sp³-hybridized carbons (Fsp3) is 0.818. The molecule has 1 N–H and O–H groups in total. The molecule has 0 aliphatic heterocycles. The second-order valence-electron chi connectivity index (χ2n) is 4.88. The van der Waals surface area contributed by atoms with Gasteiger partial charge in [-0.2, -0.15) is 5.10 Å². The largest absolute Gasteiger partial charge is 0.389 e. The van der Waals surface area contributed by atoms with Gasteiger partial charge >= 0.3 is 0 Å². The van der Waals surface area contributed by atoms with Crippen LogP contribution in [0.2, 0.25) is 0 Å². The number of aliphatic hydroxyl groups is 1. The van der Waals surface area contributed by atoms with E-state index in [1.807, 2.05) is 4.68 Å². The molecule has 1 aromatic rings. The van der Waals surface area contributed by atoms with Gasteiger partial charge in [0.1, 0.15) is 12.2 Å². The number of aromatic nitrogens is 3. The van der Waals surface area contributed by atoms with Crippen LogP contribution in [0.25, 0.3) is 0 Å². The van der Waals surface area contributed by atoms with Crippen molar-refractivity contribution in [2.45, 2.75) is 50.9 Å². The van der Waals surface area contributed by atoms with E-state index < -0.39 is 5.60 Å². The monoisotopic (exact) mass is 225 g/mol. The third-order valence-electron chi connectivity index (χ3n) is 3.17. The minimum absolute atomic E-state index is 0.195. The van der Waals surface area contributed by atoms with Crippen molar-refractivity contribution in [3.8, 4) is 0 Å². The average molecular weight is 225 g/mol. The number of hydrogen-bond acceptors (Lipinski definition) is 4. The van der Waals surface area contributed by atoms with Crippen molar-refractivity contribution in [3.05, 3.63) is 12.2 Å². The fourth-order valence-corrected chi connectivity index (χ4v) is 2.23. The third-order valence-corrected chi connectivity index (χ3v) is 3.17. The molecule has 0 bridgehead atoms. The Labute approximate surface area is 95.4 Å². The van der Waals surface area contributed by atoms with Crippen molar-refractivity contribution in [2.75, 3.05) is 7.11 Å². The molecular formula is C11H19N3O2. The van der Waals surface area contributed by atoms with Crippen LogP contribution in [0, 0.1) is 0 Å². The van der Waals surface area contributed by atoms with Gasteiger partial charge in [-0.15, -0.1) is 0 Å². The van der Waals surface area contributed by atoms with E-state index in [2.05, 4.69) is 23.9 Å². The minimum Gasteiger partial charge on any atom is -0.389 e. The van der Waals surface area contributed by atoms with Gasteiger partial charge in [0.2, 0.25) is 0 Å². The molecule has 0 saturated heterocycles. The van der Waals surface area contributed by atoms with E-state index in [4.69, 9.17) is 4.74 Å². The van der Waals surface area contributed by atoms with Gasteiger partial charge in [0.05, 0.1) is 11.7 Å². The summed E-state index contributed by atoms with van der Waals surface area (Å²) in [4.78, 5) is 4.21. The van der Waals surface area contributed by atoms with Crippen LogP contribution in [0.5, 0.6) is 0 Å². The second kappa shape index (κ2) is 4.14. The molecule has 0 aromatic carbocycles. The standard InChI is InChI=1S/C11H19N3O2/c1-8(2)14-10(12-7-13-14)6-11(15)4-9(5-11)16-3/h7-9,15H,4-6H2,1-3H3. The highest BCUT2D eigenvalue weighted by Gasteiger charge is 2.43. The van der Waals surface area contributed by atoms with Crippen LogP contribution in [-0.4, -0.2) is 38.7 Å². The highest BCUT2D eigenvalue weighted by Crippen LogP contribution is 2.36. The van der Waals surface area contributed by atoms with Crippen molar-refractivity contribution < 1.29 is 9.84 Å². The van der Waals surface area contributed by atoms with E-state index in [0.29, 0.717) is 19.3 Å². The summed E-state index contributed by atoms with van der Waals surface area (Å²) in [5, 5.41) is 14.4. The van der Waals surface area contributed by atoms with Crippen molar-refractivity contribution in [1.82, 2.24) is 14.8 Å². The van der Waals surface area contributed by atoms with E-state index in [9.17, 15) is 5.11 Å². The summed E-state index contributed by atoms with van der Waals surface area (Å²) in [7, 11) is 1.68. The molecule has 5 heteroatoms. The molecule has 1 aliphatic carbocycles. The number of hydrogen-bond donors (Lipinski definition) is 1. The lowest BCUT2D eigenvalue weighted by Gasteiger charge is -2.42. The lowest BCUT2D eigenvalue weighted by Crippen LogP contribution is -2.50. The summed E-state index contributed by atoms with van der Waals surface area (Å²) in [5.41, 5.74) is -0.652. The zero-order valence-electron chi connectivity index (χ0n) is 10.1. The van der Waals surface area contributed by atoms with E-state index in [1.54, 1.807) is 13.4 Å². The molecule has 1 heterocycles. The number of ether oxygens (including phenoxy) is 1. The van der Waals surface area contributed by atoms with Gasteiger partial charge in [-0.25, -0.2) is 9.67 Å². The van der Waals surface area contributed by atoms with Crippen LogP contribution in [-0.2, 0) is 11.2 Å². The minimum atomic E-state index is -0.652. The maximum Gasteiger partial charge on any atom is 0.138 e. The van der Waals surface area contributed by atoms with Crippen LogP contribution in [0.1, 0.15) is 38.6 Å². The van der Waals surface area contributed by atoms with E-state index in [1.165, 1.54) is 0 Å². The Bertz CT molecular complexity index is 356. The average Bonchev–Trinajstić information content (AvgIpc) is 2.61. The summed E-state index contributed by atoms with van der Waals surface area (Å²) in [6.07, 6.45) is 3.68. The fourth-order valence-electron chi connectivity index (χ4n) is 2.23. The lowest BCUT2D eigenvalue weighted by molar-refractivity contribution is -0.127. The first-order valence-corrected chi connectivity index (χ1v) is 5.67. The number of methoxy groups -OCH3 is 1. The zero-order valence-corrected chi connectivity index (χ0v) is 10.1. The van der Waals surface area contributed by atoms with Crippen molar-refractivity contribution in [3.63, 3.8) is 0 Å². The van der Waals surface area contributed by atoms with Gasteiger partial charge in [0.25, 0.3) is 0 Å². The van der Waals surface area contributed by atoms with Crippen LogP contribution < -0.4 is 0 Å². The van der Waals surface area contributed by atoms with Crippen LogP contribution in [0.4, 0.5) is 0 Å². The zero-order chi connectivity index (χ0) is 11.8. The highest BCUT2D eigenvalue weighted by molar-refractivity contribution is 5.03. The molecule has 90 valence electrons. The molecule has 0 amide bonds. The Morgan fingerprint density at radius 2 is 2.31 bits per heavy atom. The predicted octanol–water partition coefficient (Wildman–Crippen LogP) is 0.941. The summed E-state index contributed by atoms with van der Waals surface area (Å²) < 4.78 is 7.03. The molecular weight excluding hydrogens is 206 g/mol. The third kappa shape index (κ3) is 2.10. The topological polar surface area (TPSA) is 60.2 Å². The molecule has 0 radical (unpaired) electrons. The van der Waals surface area contributed by atoms with Gasteiger partial charge < -0.3 is 9.84 Å². The SMILES string of the molecule is COC1CC(O)(Cc2ncnn2C(C)C)C1. The maximum atomic E-state index is 10.2. The molecule has 2 rings (SSSR count). The van der Waals surface area contributed by atoms with Gasteiger partial charge in [0, 0.05) is 32.4 Å². The van der Waals surface area contributed by atoms with Gasteiger partial charge in [-0.05, 0) is 13.8 Å². The van der Waals surface area contributed by atoms with Crippen LogP contribution in [0.15, 0.2) is 6.33 Å². The second-order valence-corrected chi connectivity index (χ2v) is 4.88. The van der Waals surface area contributed by atoms with Gasteiger partial charge in [0.15, 0.2) is 0 Å². The Hall–Kier alpha value is -0.940. The van der Waals surface area contributed by atoms with Crippen molar-refractivity contribution in [1.29, 1.82) is 0 Å². The lowest BCUT2D eigenvalue weighted by atomic mass is 9.75. The first-order chi connectivity index (χ1) is 7.54.